The van der Waals surface area contributed by atoms with Crippen molar-refractivity contribution in [3.05, 3.63) is 78.0 Å². The van der Waals surface area contributed by atoms with Gasteiger partial charge >= 0.3 is 0 Å². The summed E-state index contributed by atoms with van der Waals surface area (Å²) < 4.78 is 0. The fourth-order valence-electron chi connectivity index (χ4n) is 2.78. The molecule has 1 heterocycles. The molecule has 0 bridgehead atoms. The number of hydrogen-bond donors (Lipinski definition) is 0. The van der Waals surface area contributed by atoms with Crippen LogP contribution in [0.1, 0.15) is 15.9 Å². The van der Waals surface area contributed by atoms with Gasteiger partial charge in [-0.25, -0.2) is 0 Å². The Morgan fingerprint density at radius 2 is 1.40 bits per heavy atom. The van der Waals surface area contributed by atoms with Crippen molar-refractivity contribution in [2.45, 2.75) is 0 Å². The lowest BCUT2D eigenvalue weighted by molar-refractivity contribution is 0.104. The Kier molecular flexibility index (Phi) is 2.30. The molecule has 0 amide bonds. The summed E-state index contributed by atoms with van der Waals surface area (Å²) in [6, 6.07) is 19.5. The number of pyridine rings is 1. The maximum absolute atomic E-state index is 12.4. The highest BCUT2D eigenvalue weighted by Gasteiger charge is 2.29. The highest BCUT2D eigenvalue weighted by Crippen LogP contribution is 2.41. The second-order valence-corrected chi connectivity index (χ2v) is 4.82. The first-order valence-electron chi connectivity index (χ1n) is 6.55. The molecule has 94 valence electrons. The second-order valence-electron chi connectivity index (χ2n) is 4.82. The molecule has 2 nitrogen and oxygen atoms in total. The van der Waals surface area contributed by atoms with Crippen molar-refractivity contribution in [3.8, 4) is 22.4 Å². The molecule has 0 fully saturated rings. The van der Waals surface area contributed by atoms with E-state index >= 15 is 0 Å². The monoisotopic (exact) mass is 257 g/mol. The molecule has 3 aromatic rings. The highest BCUT2D eigenvalue weighted by atomic mass is 16.1. The Bertz CT molecular complexity index is 822. The molecule has 0 aliphatic heterocycles. The van der Waals surface area contributed by atoms with Gasteiger partial charge in [-0.3, -0.25) is 9.78 Å². The summed E-state index contributed by atoms with van der Waals surface area (Å²) in [4.78, 5) is 16.9. The van der Waals surface area contributed by atoms with Crippen molar-refractivity contribution < 1.29 is 4.79 Å². The van der Waals surface area contributed by atoms with Crippen LogP contribution in [0.15, 0.2) is 66.9 Å². The number of nitrogens with zero attached hydrogens (tertiary/aromatic N) is 1. The van der Waals surface area contributed by atoms with Crippen molar-refractivity contribution in [2.75, 3.05) is 0 Å². The Balaban J connectivity index is 2.07. The zero-order valence-corrected chi connectivity index (χ0v) is 10.7. The number of hydrogen-bond acceptors (Lipinski definition) is 2. The number of rotatable bonds is 1. The summed E-state index contributed by atoms with van der Waals surface area (Å²) in [7, 11) is 0. The van der Waals surface area contributed by atoms with Gasteiger partial charge < -0.3 is 0 Å². The van der Waals surface area contributed by atoms with Gasteiger partial charge in [0.25, 0.3) is 0 Å². The van der Waals surface area contributed by atoms with Gasteiger partial charge in [-0.1, -0.05) is 54.6 Å². The first-order valence-corrected chi connectivity index (χ1v) is 6.55. The molecule has 4 rings (SSSR count). The van der Waals surface area contributed by atoms with Crippen LogP contribution in [0.4, 0.5) is 0 Å². The lowest BCUT2D eigenvalue weighted by Gasteiger charge is -2.07. The predicted octanol–water partition coefficient (Wildman–Crippen LogP) is 3.96. The molecule has 2 aromatic carbocycles. The fraction of sp³-hybridized carbons (Fsp3) is 0. The first kappa shape index (κ1) is 11.1. The van der Waals surface area contributed by atoms with Gasteiger partial charge in [0, 0.05) is 28.5 Å². The maximum Gasteiger partial charge on any atom is 0.194 e. The molecule has 2 heteroatoms. The molecule has 1 aromatic heterocycles. The van der Waals surface area contributed by atoms with Crippen molar-refractivity contribution in [3.63, 3.8) is 0 Å². The topological polar surface area (TPSA) is 30.0 Å². The molecule has 0 atom stereocenters. The molecule has 0 radical (unpaired) electrons. The van der Waals surface area contributed by atoms with Crippen LogP contribution in [0.5, 0.6) is 0 Å². The molecular formula is C18H11NO. The number of benzene rings is 2. The van der Waals surface area contributed by atoms with Gasteiger partial charge in [0.2, 0.25) is 0 Å². The van der Waals surface area contributed by atoms with E-state index in [0.29, 0.717) is 0 Å². The second kappa shape index (κ2) is 4.14. The van der Waals surface area contributed by atoms with E-state index in [1.807, 2.05) is 60.7 Å². The number of carbonyl (C=O) groups is 1. The van der Waals surface area contributed by atoms with E-state index in [1.54, 1.807) is 6.20 Å². The Morgan fingerprint density at radius 1 is 0.700 bits per heavy atom. The average molecular weight is 257 g/mol. The van der Waals surface area contributed by atoms with Crippen molar-refractivity contribution >= 4 is 5.78 Å². The van der Waals surface area contributed by atoms with Crippen LogP contribution in [0.2, 0.25) is 0 Å². The molecule has 0 saturated heterocycles. The summed E-state index contributed by atoms with van der Waals surface area (Å²) >= 11 is 0. The molecule has 0 unspecified atom stereocenters. The van der Waals surface area contributed by atoms with Gasteiger partial charge in [0.1, 0.15) is 0 Å². The standard InChI is InChI=1S/C18H11NO/c20-18-14-9-5-4-8-13(14)16-15(18)10-11-19-17(16)12-6-2-1-3-7-12/h1-11H. The maximum atomic E-state index is 12.4. The van der Waals surface area contributed by atoms with Crippen molar-refractivity contribution in [2.24, 2.45) is 0 Å². The average Bonchev–Trinajstić information content (AvgIpc) is 2.82. The molecule has 0 saturated carbocycles. The minimum atomic E-state index is 0.0928. The van der Waals surface area contributed by atoms with E-state index in [-0.39, 0.29) is 5.78 Å². The van der Waals surface area contributed by atoms with Gasteiger partial charge in [-0.05, 0) is 11.6 Å². The number of carbonyl (C=O) groups excluding carboxylic acids is 1. The largest absolute Gasteiger partial charge is 0.289 e. The normalized spacial score (nSPS) is 12.1. The predicted molar refractivity (Wildman–Crippen MR) is 78.5 cm³/mol. The molecule has 1 aliphatic rings. The zero-order chi connectivity index (χ0) is 13.5. The zero-order valence-electron chi connectivity index (χ0n) is 10.7. The van der Waals surface area contributed by atoms with Crippen LogP contribution >= 0.6 is 0 Å². The summed E-state index contributed by atoms with van der Waals surface area (Å²) in [5.41, 5.74) is 5.38. The van der Waals surface area contributed by atoms with E-state index in [9.17, 15) is 4.79 Å². The van der Waals surface area contributed by atoms with E-state index in [1.165, 1.54) is 0 Å². The minimum absolute atomic E-state index is 0.0928. The third-order valence-corrected chi connectivity index (χ3v) is 3.68. The first-order chi connectivity index (χ1) is 9.86. The Hall–Kier alpha value is -2.74. The summed E-state index contributed by atoms with van der Waals surface area (Å²) in [6.07, 6.45) is 1.71. The molecule has 20 heavy (non-hydrogen) atoms. The smallest absolute Gasteiger partial charge is 0.194 e. The fourth-order valence-corrected chi connectivity index (χ4v) is 2.78. The number of aromatic nitrogens is 1. The third-order valence-electron chi connectivity index (χ3n) is 3.68. The number of fused-ring (bicyclic) bond motifs is 3. The van der Waals surface area contributed by atoms with Crippen LogP contribution in [0.25, 0.3) is 22.4 Å². The minimum Gasteiger partial charge on any atom is -0.289 e. The van der Waals surface area contributed by atoms with Crippen LogP contribution in [0, 0.1) is 0 Å². The Morgan fingerprint density at radius 3 is 2.20 bits per heavy atom. The van der Waals surface area contributed by atoms with Crippen molar-refractivity contribution in [1.82, 2.24) is 4.98 Å². The quantitative estimate of drug-likeness (QED) is 0.516. The lowest BCUT2D eigenvalue weighted by atomic mass is 9.99. The van der Waals surface area contributed by atoms with Crippen LogP contribution in [-0.2, 0) is 0 Å². The van der Waals surface area contributed by atoms with Gasteiger partial charge in [0.15, 0.2) is 5.78 Å². The van der Waals surface area contributed by atoms with Gasteiger partial charge in [-0.15, -0.1) is 0 Å². The van der Waals surface area contributed by atoms with Crippen molar-refractivity contribution in [1.29, 1.82) is 0 Å². The van der Waals surface area contributed by atoms with Crippen LogP contribution in [-0.4, -0.2) is 10.8 Å². The van der Waals surface area contributed by atoms with E-state index in [0.717, 1.165) is 33.5 Å². The van der Waals surface area contributed by atoms with E-state index in [2.05, 4.69) is 4.98 Å². The van der Waals surface area contributed by atoms with Gasteiger partial charge in [0.05, 0.1) is 5.69 Å². The Labute approximate surface area is 116 Å². The highest BCUT2D eigenvalue weighted by molar-refractivity contribution is 6.23. The summed E-state index contributed by atoms with van der Waals surface area (Å²) in [5, 5.41) is 0. The SMILES string of the molecule is O=C1c2ccccc2-c2c1ccnc2-c1ccccc1. The summed E-state index contributed by atoms with van der Waals surface area (Å²) in [5.74, 6) is 0.0928. The molecule has 0 spiro atoms. The third kappa shape index (κ3) is 1.45. The van der Waals surface area contributed by atoms with E-state index in [4.69, 9.17) is 0 Å². The number of ketones is 1. The summed E-state index contributed by atoms with van der Waals surface area (Å²) in [6.45, 7) is 0. The molecular weight excluding hydrogens is 246 g/mol. The molecule has 1 aliphatic carbocycles. The van der Waals surface area contributed by atoms with E-state index < -0.39 is 0 Å². The van der Waals surface area contributed by atoms with Crippen LogP contribution < -0.4 is 0 Å². The van der Waals surface area contributed by atoms with Gasteiger partial charge in [-0.2, -0.15) is 0 Å². The van der Waals surface area contributed by atoms with Crippen LogP contribution in [0.3, 0.4) is 0 Å². The lowest BCUT2D eigenvalue weighted by Crippen LogP contribution is -1.95. The molecule has 0 N–H and O–H groups in total.